The summed E-state index contributed by atoms with van der Waals surface area (Å²) in [5.41, 5.74) is -2.95. The first-order chi connectivity index (χ1) is 16.3. The van der Waals surface area contributed by atoms with Crippen LogP contribution in [0.25, 0.3) is 0 Å². The van der Waals surface area contributed by atoms with Crippen LogP contribution in [-0.2, 0) is 27.4 Å². The number of ether oxygens (including phenoxy) is 1. The number of rotatable bonds is 5. The van der Waals surface area contributed by atoms with E-state index in [2.05, 4.69) is 10.6 Å². The second kappa shape index (κ2) is 9.13. The quantitative estimate of drug-likeness (QED) is 0.527. The lowest BCUT2D eigenvalue weighted by Crippen LogP contribution is -2.56. The molecule has 190 valence electrons. The Labute approximate surface area is 199 Å². The molecule has 1 spiro atoms. The van der Waals surface area contributed by atoms with Crippen molar-refractivity contribution in [1.82, 2.24) is 10.6 Å². The number of hydrogen-bond acceptors (Lipinski definition) is 3. The van der Waals surface area contributed by atoms with E-state index in [0.717, 1.165) is 5.56 Å². The van der Waals surface area contributed by atoms with Gasteiger partial charge in [0.1, 0.15) is 0 Å². The highest BCUT2D eigenvalue weighted by atomic mass is 19.4. The number of halogens is 6. The highest BCUT2D eigenvalue weighted by Crippen LogP contribution is 2.43. The van der Waals surface area contributed by atoms with Crippen molar-refractivity contribution in [2.24, 2.45) is 5.41 Å². The molecule has 35 heavy (non-hydrogen) atoms. The number of alkyl halides is 6. The van der Waals surface area contributed by atoms with Crippen molar-refractivity contribution in [1.29, 1.82) is 0 Å². The largest absolute Gasteiger partial charge is 0.416 e. The predicted molar refractivity (Wildman–Crippen MR) is 116 cm³/mol. The molecule has 3 unspecified atom stereocenters. The van der Waals surface area contributed by atoms with Gasteiger partial charge in [-0.15, -0.1) is 0 Å². The smallest absolute Gasteiger partial charge is 0.372 e. The molecule has 2 saturated heterocycles. The van der Waals surface area contributed by atoms with Gasteiger partial charge in [0, 0.05) is 24.9 Å². The summed E-state index contributed by atoms with van der Waals surface area (Å²) >= 11 is 0. The second-order valence-corrected chi connectivity index (χ2v) is 9.55. The van der Waals surface area contributed by atoms with E-state index < -0.39 is 35.1 Å². The van der Waals surface area contributed by atoms with Gasteiger partial charge in [-0.3, -0.25) is 4.79 Å². The average Bonchev–Trinajstić information content (AvgIpc) is 3.18. The van der Waals surface area contributed by atoms with E-state index in [0.29, 0.717) is 44.5 Å². The molecule has 2 aromatic carbocycles. The minimum atomic E-state index is -4.92. The van der Waals surface area contributed by atoms with Gasteiger partial charge in [0.15, 0.2) is 0 Å². The molecule has 0 saturated carbocycles. The van der Waals surface area contributed by atoms with E-state index in [1.54, 1.807) is 0 Å². The maximum absolute atomic E-state index is 13.3. The van der Waals surface area contributed by atoms with Crippen molar-refractivity contribution in [3.8, 4) is 0 Å². The molecule has 2 fully saturated rings. The van der Waals surface area contributed by atoms with Crippen LogP contribution in [0.15, 0.2) is 48.5 Å². The van der Waals surface area contributed by atoms with Crippen LogP contribution in [-0.4, -0.2) is 25.6 Å². The minimum absolute atomic E-state index is 0.00565. The Balaban J connectivity index is 1.58. The third-order valence-electron chi connectivity index (χ3n) is 7.07. The summed E-state index contributed by atoms with van der Waals surface area (Å²) in [4.78, 5) is 11.8. The molecular weight excluding hydrogens is 474 g/mol. The number of carbonyl (C=O) groups excluding carboxylic acids is 1. The summed E-state index contributed by atoms with van der Waals surface area (Å²) in [6, 6.07) is 10.9. The molecule has 2 aliphatic rings. The summed E-state index contributed by atoms with van der Waals surface area (Å²) < 4.78 is 85.7. The first-order valence-electron chi connectivity index (χ1n) is 11.3. The maximum atomic E-state index is 13.3. The zero-order valence-corrected chi connectivity index (χ0v) is 19.0. The third kappa shape index (κ3) is 5.48. The van der Waals surface area contributed by atoms with Crippen molar-refractivity contribution in [2.45, 2.75) is 50.2 Å². The van der Waals surface area contributed by atoms with Gasteiger partial charge in [-0.2, -0.15) is 26.3 Å². The summed E-state index contributed by atoms with van der Waals surface area (Å²) in [5.74, 6) is -0.00565. The monoisotopic (exact) mass is 500 g/mol. The first kappa shape index (κ1) is 25.5. The Hall–Kier alpha value is -2.59. The van der Waals surface area contributed by atoms with Crippen LogP contribution < -0.4 is 10.6 Å². The number of amides is 1. The van der Waals surface area contributed by atoms with E-state index in [4.69, 9.17) is 4.74 Å². The van der Waals surface area contributed by atoms with Crippen molar-refractivity contribution in [3.05, 3.63) is 70.8 Å². The molecule has 2 N–H and O–H groups in total. The molecule has 4 rings (SSSR count). The average molecular weight is 500 g/mol. The van der Waals surface area contributed by atoms with E-state index in [1.807, 2.05) is 30.3 Å². The van der Waals surface area contributed by atoms with Crippen LogP contribution in [0.3, 0.4) is 0 Å². The fourth-order valence-corrected chi connectivity index (χ4v) is 4.85. The molecule has 4 nitrogen and oxygen atoms in total. The Morgan fingerprint density at radius 2 is 1.57 bits per heavy atom. The molecule has 2 aromatic rings. The van der Waals surface area contributed by atoms with Crippen molar-refractivity contribution in [3.63, 3.8) is 0 Å². The zero-order chi connectivity index (χ0) is 25.5. The number of piperidine rings is 1. The van der Waals surface area contributed by atoms with Gasteiger partial charge < -0.3 is 15.4 Å². The van der Waals surface area contributed by atoms with Crippen LogP contribution in [0.4, 0.5) is 26.3 Å². The predicted octanol–water partition coefficient (Wildman–Crippen LogP) is 5.59. The number of carbonyl (C=O) groups is 1. The Morgan fingerprint density at radius 1 is 0.943 bits per heavy atom. The SMILES string of the molecule is CC(OCC1(c2ccccc2)CCC2(CNC(=O)C2)CN1)c1cc(C(F)(F)F)cc(C(F)(F)F)c1. The first-order valence-corrected chi connectivity index (χ1v) is 11.3. The van der Waals surface area contributed by atoms with E-state index in [9.17, 15) is 31.1 Å². The van der Waals surface area contributed by atoms with E-state index in [1.165, 1.54) is 6.92 Å². The number of nitrogens with one attached hydrogen (secondary N) is 2. The third-order valence-corrected chi connectivity index (χ3v) is 7.07. The van der Waals surface area contributed by atoms with Crippen molar-refractivity contribution < 1.29 is 35.9 Å². The van der Waals surface area contributed by atoms with Gasteiger partial charge in [0.05, 0.1) is 29.4 Å². The molecular formula is C25H26F6N2O2. The van der Waals surface area contributed by atoms with Crippen LogP contribution in [0.2, 0.25) is 0 Å². The van der Waals surface area contributed by atoms with Crippen LogP contribution in [0.1, 0.15) is 54.5 Å². The molecule has 2 heterocycles. The van der Waals surface area contributed by atoms with E-state index >= 15 is 0 Å². The number of hydrogen-bond donors (Lipinski definition) is 2. The highest BCUT2D eigenvalue weighted by molar-refractivity contribution is 5.79. The second-order valence-electron chi connectivity index (χ2n) is 9.55. The van der Waals surface area contributed by atoms with Gasteiger partial charge in [-0.25, -0.2) is 0 Å². The lowest BCUT2D eigenvalue weighted by molar-refractivity contribution is -0.143. The normalized spacial score (nSPS) is 26.1. The van der Waals surface area contributed by atoms with Gasteiger partial charge in [0.2, 0.25) is 5.91 Å². The van der Waals surface area contributed by atoms with Crippen LogP contribution >= 0.6 is 0 Å². The van der Waals surface area contributed by atoms with Crippen LogP contribution in [0, 0.1) is 5.41 Å². The highest BCUT2D eigenvalue weighted by Gasteiger charge is 2.47. The standard InChI is InChI=1S/C25H26F6N2O2/c1-16(17-9-19(24(26,27)28)11-20(10-17)25(29,30)31)35-15-23(18-5-3-2-4-6-18)8-7-22(14-33-23)12-21(34)32-13-22/h2-6,9-11,16,33H,7-8,12-15H2,1H3,(H,32,34). The van der Waals surface area contributed by atoms with Gasteiger partial charge >= 0.3 is 12.4 Å². The molecule has 10 heteroatoms. The Bertz CT molecular complexity index is 1030. The van der Waals surface area contributed by atoms with Crippen molar-refractivity contribution in [2.75, 3.05) is 19.7 Å². The molecule has 2 aliphatic heterocycles. The lowest BCUT2D eigenvalue weighted by atomic mass is 9.71. The van der Waals surface area contributed by atoms with Crippen LogP contribution in [0.5, 0.6) is 0 Å². The molecule has 3 atom stereocenters. The molecule has 1 amide bonds. The lowest BCUT2D eigenvalue weighted by Gasteiger charge is -2.46. The van der Waals surface area contributed by atoms with Gasteiger partial charge in [-0.1, -0.05) is 30.3 Å². The molecule has 0 radical (unpaired) electrons. The Kier molecular flexibility index (Phi) is 6.65. The zero-order valence-electron chi connectivity index (χ0n) is 19.0. The molecule has 0 bridgehead atoms. The summed E-state index contributed by atoms with van der Waals surface area (Å²) in [6.07, 6.45) is -9.15. The summed E-state index contributed by atoms with van der Waals surface area (Å²) in [7, 11) is 0. The van der Waals surface area contributed by atoms with Gasteiger partial charge in [-0.05, 0) is 49.1 Å². The fourth-order valence-electron chi connectivity index (χ4n) is 4.85. The molecule has 0 aliphatic carbocycles. The minimum Gasteiger partial charge on any atom is -0.372 e. The molecule has 0 aromatic heterocycles. The Morgan fingerprint density at radius 3 is 2.06 bits per heavy atom. The maximum Gasteiger partial charge on any atom is 0.416 e. The summed E-state index contributed by atoms with van der Waals surface area (Å²) in [6.45, 7) is 2.57. The van der Waals surface area contributed by atoms with Crippen molar-refractivity contribution >= 4 is 5.91 Å². The topological polar surface area (TPSA) is 50.4 Å². The van der Waals surface area contributed by atoms with Gasteiger partial charge in [0.25, 0.3) is 0 Å². The summed E-state index contributed by atoms with van der Waals surface area (Å²) in [5, 5.41) is 6.36. The van der Waals surface area contributed by atoms with E-state index in [-0.39, 0.29) is 29.6 Å². The number of benzene rings is 2. The fraction of sp³-hybridized carbons (Fsp3) is 0.480.